The lowest BCUT2D eigenvalue weighted by molar-refractivity contribution is 0.265. The molecule has 24 heavy (non-hydrogen) atoms. The Balaban J connectivity index is 1.88. The molecular formula is C18H33N5S. The monoisotopic (exact) mass is 351 g/mol. The number of aryl methyl sites for hydroxylation is 1. The van der Waals surface area contributed by atoms with E-state index in [4.69, 9.17) is 4.99 Å². The van der Waals surface area contributed by atoms with Gasteiger partial charge in [-0.1, -0.05) is 13.8 Å². The molecule has 2 heterocycles. The van der Waals surface area contributed by atoms with E-state index >= 15 is 0 Å². The predicted octanol–water partition coefficient (Wildman–Crippen LogP) is 2.53. The third-order valence-electron chi connectivity index (χ3n) is 4.58. The Labute approximate surface area is 151 Å². The molecule has 0 aromatic carbocycles. The second-order valence-electron chi connectivity index (χ2n) is 6.86. The van der Waals surface area contributed by atoms with Gasteiger partial charge in [0.25, 0.3) is 0 Å². The first kappa shape index (κ1) is 19.2. The van der Waals surface area contributed by atoms with Gasteiger partial charge < -0.3 is 10.6 Å². The zero-order valence-electron chi connectivity index (χ0n) is 15.8. The van der Waals surface area contributed by atoms with Crippen molar-refractivity contribution in [2.24, 2.45) is 10.9 Å². The van der Waals surface area contributed by atoms with E-state index in [0.717, 1.165) is 45.0 Å². The van der Waals surface area contributed by atoms with Crippen molar-refractivity contribution < 1.29 is 0 Å². The van der Waals surface area contributed by atoms with Gasteiger partial charge in [-0.2, -0.15) is 0 Å². The third-order valence-corrected chi connectivity index (χ3v) is 5.78. The quantitative estimate of drug-likeness (QED) is 0.585. The normalized spacial score (nSPS) is 22.3. The lowest BCUT2D eigenvalue weighted by Crippen LogP contribution is -2.46. The number of thiazole rings is 1. The van der Waals surface area contributed by atoms with Crippen LogP contribution in [0.5, 0.6) is 0 Å². The summed E-state index contributed by atoms with van der Waals surface area (Å²) >= 11 is 1.81. The highest BCUT2D eigenvalue weighted by Crippen LogP contribution is 2.18. The van der Waals surface area contributed by atoms with Crippen LogP contribution in [0.1, 0.15) is 44.5 Å². The van der Waals surface area contributed by atoms with Crippen LogP contribution < -0.4 is 10.6 Å². The van der Waals surface area contributed by atoms with Gasteiger partial charge in [0.1, 0.15) is 0 Å². The minimum absolute atomic E-state index is 0.469. The van der Waals surface area contributed by atoms with Crippen molar-refractivity contribution in [1.82, 2.24) is 20.5 Å². The molecule has 2 N–H and O–H groups in total. The average molecular weight is 352 g/mol. The van der Waals surface area contributed by atoms with Gasteiger partial charge in [-0.15, -0.1) is 11.3 Å². The van der Waals surface area contributed by atoms with E-state index in [9.17, 15) is 0 Å². The molecule has 2 unspecified atom stereocenters. The fraction of sp³-hybridized carbons (Fsp3) is 0.778. The number of likely N-dealkylation sites (tertiary alicyclic amines) is 1. The van der Waals surface area contributed by atoms with Gasteiger partial charge in [0.2, 0.25) is 0 Å². The first-order chi connectivity index (χ1) is 11.5. The predicted molar refractivity (Wildman–Crippen MR) is 104 cm³/mol. The fourth-order valence-electron chi connectivity index (χ4n) is 3.00. The van der Waals surface area contributed by atoms with Crippen molar-refractivity contribution in [3.63, 3.8) is 0 Å². The second kappa shape index (κ2) is 9.37. The first-order valence-electron chi connectivity index (χ1n) is 9.25. The van der Waals surface area contributed by atoms with Crippen molar-refractivity contribution in [1.29, 1.82) is 0 Å². The van der Waals surface area contributed by atoms with Crippen LogP contribution in [0.15, 0.2) is 11.2 Å². The summed E-state index contributed by atoms with van der Waals surface area (Å²) in [6.45, 7) is 15.1. The molecule has 1 saturated heterocycles. The maximum Gasteiger partial charge on any atom is 0.191 e. The van der Waals surface area contributed by atoms with Gasteiger partial charge in [-0.3, -0.25) is 9.89 Å². The molecule has 2 atom stereocenters. The second-order valence-corrected chi connectivity index (χ2v) is 8.06. The molecular weight excluding hydrogens is 318 g/mol. The Morgan fingerprint density at radius 3 is 2.79 bits per heavy atom. The standard InChI is InChI=1S/C18H33N5S/c1-6-15-10-21-17(24-15)8-9-20-18(19-7-2)22-16-12-23(13(3)4)11-14(16)5/h10,13-14,16H,6-9,11-12H2,1-5H3,(H2,19,20,22). The Bertz CT molecular complexity index is 525. The summed E-state index contributed by atoms with van der Waals surface area (Å²) in [6.07, 6.45) is 3.98. The van der Waals surface area contributed by atoms with Crippen molar-refractivity contribution >= 4 is 17.3 Å². The molecule has 0 spiro atoms. The number of rotatable bonds is 7. The van der Waals surface area contributed by atoms with E-state index in [2.05, 4.69) is 55.1 Å². The van der Waals surface area contributed by atoms with E-state index in [1.54, 1.807) is 11.3 Å². The summed E-state index contributed by atoms with van der Waals surface area (Å²) in [5.74, 6) is 1.58. The Kier molecular flexibility index (Phi) is 7.49. The lowest BCUT2D eigenvalue weighted by Gasteiger charge is -2.21. The van der Waals surface area contributed by atoms with Gasteiger partial charge >= 0.3 is 0 Å². The van der Waals surface area contributed by atoms with Crippen LogP contribution in [-0.2, 0) is 12.8 Å². The lowest BCUT2D eigenvalue weighted by atomic mass is 10.1. The molecule has 1 aromatic rings. The number of hydrogen-bond acceptors (Lipinski definition) is 4. The summed E-state index contributed by atoms with van der Waals surface area (Å²) in [5.41, 5.74) is 0. The molecule has 1 aliphatic heterocycles. The van der Waals surface area contributed by atoms with Crippen molar-refractivity contribution in [2.45, 2.75) is 59.5 Å². The highest BCUT2D eigenvalue weighted by atomic mass is 32.1. The van der Waals surface area contributed by atoms with Crippen molar-refractivity contribution in [3.05, 3.63) is 16.1 Å². The Morgan fingerprint density at radius 2 is 2.21 bits per heavy atom. The highest BCUT2D eigenvalue weighted by molar-refractivity contribution is 7.11. The molecule has 136 valence electrons. The van der Waals surface area contributed by atoms with Gasteiger partial charge in [-0.25, -0.2) is 4.98 Å². The summed E-state index contributed by atoms with van der Waals surface area (Å²) in [7, 11) is 0. The number of hydrogen-bond donors (Lipinski definition) is 2. The van der Waals surface area contributed by atoms with Crippen LogP contribution in [-0.4, -0.2) is 54.1 Å². The molecule has 1 fully saturated rings. The summed E-state index contributed by atoms with van der Waals surface area (Å²) in [4.78, 5) is 13.1. The largest absolute Gasteiger partial charge is 0.357 e. The third kappa shape index (κ3) is 5.45. The molecule has 6 heteroatoms. The van der Waals surface area contributed by atoms with Gasteiger partial charge in [-0.05, 0) is 33.1 Å². The molecule has 0 aliphatic carbocycles. The number of nitrogens with one attached hydrogen (secondary N) is 2. The van der Waals surface area contributed by atoms with Crippen molar-refractivity contribution in [3.8, 4) is 0 Å². The number of nitrogens with zero attached hydrogens (tertiary/aromatic N) is 3. The maximum absolute atomic E-state index is 4.75. The van der Waals surface area contributed by atoms with Crippen molar-refractivity contribution in [2.75, 3.05) is 26.2 Å². The molecule has 0 saturated carbocycles. The molecule has 0 bridgehead atoms. The number of aromatic nitrogens is 1. The van der Waals surface area contributed by atoms with Gasteiger partial charge in [0.05, 0.1) is 5.01 Å². The molecule has 1 aliphatic rings. The zero-order chi connectivity index (χ0) is 17.5. The first-order valence-corrected chi connectivity index (χ1v) is 10.1. The van der Waals surface area contributed by atoms with Crippen LogP contribution >= 0.6 is 11.3 Å². The zero-order valence-corrected chi connectivity index (χ0v) is 16.6. The number of guanidine groups is 1. The summed E-state index contributed by atoms with van der Waals surface area (Å²) in [5, 5.41) is 8.20. The van der Waals surface area contributed by atoms with Crippen LogP contribution in [0.3, 0.4) is 0 Å². The molecule has 2 rings (SSSR count). The molecule has 1 aromatic heterocycles. The summed E-state index contributed by atoms with van der Waals surface area (Å²) < 4.78 is 0. The van der Waals surface area contributed by atoms with Gasteiger partial charge in [0.15, 0.2) is 5.96 Å². The Morgan fingerprint density at radius 1 is 1.42 bits per heavy atom. The topological polar surface area (TPSA) is 52.6 Å². The van der Waals surface area contributed by atoms with E-state index in [1.807, 2.05) is 6.20 Å². The minimum atomic E-state index is 0.469. The highest BCUT2D eigenvalue weighted by Gasteiger charge is 2.31. The minimum Gasteiger partial charge on any atom is -0.357 e. The van der Waals surface area contributed by atoms with Crippen LogP contribution in [0.2, 0.25) is 0 Å². The summed E-state index contributed by atoms with van der Waals surface area (Å²) in [6, 6.07) is 1.08. The van der Waals surface area contributed by atoms with Crippen LogP contribution in [0.4, 0.5) is 0 Å². The SMILES string of the molecule is CCNC(=NCCc1ncc(CC)s1)NC1CN(C(C)C)CC1C. The van der Waals surface area contributed by atoms with E-state index in [1.165, 1.54) is 9.88 Å². The Hall–Kier alpha value is -1.14. The fourth-order valence-corrected chi connectivity index (χ4v) is 3.85. The molecule has 0 radical (unpaired) electrons. The van der Waals surface area contributed by atoms with Crippen LogP contribution in [0.25, 0.3) is 0 Å². The average Bonchev–Trinajstić information content (AvgIpc) is 3.15. The van der Waals surface area contributed by atoms with E-state index in [0.29, 0.717) is 18.0 Å². The van der Waals surface area contributed by atoms with E-state index < -0.39 is 0 Å². The van der Waals surface area contributed by atoms with E-state index in [-0.39, 0.29) is 0 Å². The van der Waals surface area contributed by atoms with Crippen LogP contribution in [0, 0.1) is 5.92 Å². The smallest absolute Gasteiger partial charge is 0.191 e. The molecule has 0 amide bonds. The number of aliphatic imine (C=N–C) groups is 1. The molecule has 5 nitrogen and oxygen atoms in total. The van der Waals surface area contributed by atoms with Gasteiger partial charge in [0, 0.05) is 55.8 Å². The maximum atomic E-state index is 4.75.